The van der Waals surface area contributed by atoms with Crippen LogP contribution in [-0.4, -0.2) is 56.0 Å². The molecule has 0 saturated carbocycles. The molecule has 39 heavy (non-hydrogen) atoms. The van der Waals surface area contributed by atoms with Crippen molar-refractivity contribution in [3.8, 4) is 17.2 Å². The number of aliphatic hydroxyl groups is 1. The number of allylic oxidation sites excluding steroid dienone is 1. The average molecular weight is 605 g/mol. The molecular weight excluding hydrogens is 572 g/mol. The van der Waals surface area contributed by atoms with E-state index >= 15 is 0 Å². The van der Waals surface area contributed by atoms with E-state index in [0.29, 0.717) is 29.4 Å². The molecule has 0 radical (unpaired) electrons. The van der Waals surface area contributed by atoms with Gasteiger partial charge in [0.25, 0.3) is 0 Å². The fourth-order valence-corrected chi connectivity index (χ4v) is 4.26. The van der Waals surface area contributed by atoms with Crippen molar-refractivity contribution in [3.63, 3.8) is 0 Å². The van der Waals surface area contributed by atoms with Crippen LogP contribution in [0.4, 0.5) is 4.79 Å². The summed E-state index contributed by atoms with van der Waals surface area (Å²) in [5.41, 5.74) is 4.69. The van der Waals surface area contributed by atoms with E-state index in [9.17, 15) is 14.7 Å². The van der Waals surface area contributed by atoms with Gasteiger partial charge in [-0.2, -0.15) is 5.10 Å². The molecule has 2 aromatic rings. The smallest absolute Gasteiger partial charge is 0.337 e. The number of rotatable bonds is 12. The number of esters is 1. The van der Waals surface area contributed by atoms with E-state index in [1.165, 1.54) is 7.11 Å². The zero-order chi connectivity index (χ0) is 28.5. The SMILES string of the molecule is CCOc1cc([C@@H]2NC(=O)NC(C)=C2C(=O)OC)ccc1OC[C@@H](O)N/N=C/c1ccc(OC(C)C)c(Br)c1. The number of ether oxygens (including phenoxy) is 4. The Hall–Kier alpha value is -3.77. The van der Waals surface area contributed by atoms with Gasteiger partial charge in [-0.05, 0) is 85.1 Å². The number of nitrogens with zero attached hydrogens (tertiary/aromatic N) is 1. The van der Waals surface area contributed by atoms with Crippen molar-refractivity contribution in [3.05, 3.63) is 63.3 Å². The average Bonchev–Trinajstić information content (AvgIpc) is 2.88. The first-order chi connectivity index (χ1) is 18.6. The zero-order valence-corrected chi connectivity index (χ0v) is 24.0. The Bertz CT molecular complexity index is 1250. The predicted molar refractivity (Wildman–Crippen MR) is 149 cm³/mol. The highest BCUT2D eigenvalue weighted by Crippen LogP contribution is 2.35. The van der Waals surface area contributed by atoms with Crippen LogP contribution in [0.3, 0.4) is 0 Å². The Labute approximate surface area is 235 Å². The minimum absolute atomic E-state index is 0.0564. The van der Waals surface area contributed by atoms with E-state index in [-0.39, 0.29) is 18.3 Å². The largest absolute Gasteiger partial charge is 0.490 e. The molecule has 1 heterocycles. The summed E-state index contributed by atoms with van der Waals surface area (Å²) in [6.07, 6.45) is 0.512. The molecule has 0 unspecified atom stereocenters. The van der Waals surface area contributed by atoms with E-state index in [1.54, 1.807) is 31.3 Å². The number of halogens is 1. The van der Waals surface area contributed by atoms with Crippen molar-refractivity contribution < 1.29 is 33.6 Å². The lowest BCUT2D eigenvalue weighted by molar-refractivity contribution is -0.136. The van der Waals surface area contributed by atoms with Gasteiger partial charge >= 0.3 is 12.0 Å². The molecule has 2 aromatic carbocycles. The quantitative estimate of drug-likeness (QED) is 0.124. The summed E-state index contributed by atoms with van der Waals surface area (Å²) < 4.78 is 22.9. The molecule has 0 saturated heterocycles. The molecule has 1 aliphatic heterocycles. The highest BCUT2D eigenvalue weighted by molar-refractivity contribution is 9.10. The Kier molecular flexibility index (Phi) is 10.6. The van der Waals surface area contributed by atoms with Gasteiger partial charge in [-0.15, -0.1) is 0 Å². The Morgan fingerprint density at radius 2 is 1.92 bits per heavy atom. The highest BCUT2D eigenvalue weighted by Gasteiger charge is 2.32. The second-order valence-corrected chi connectivity index (χ2v) is 9.63. The lowest BCUT2D eigenvalue weighted by Crippen LogP contribution is -2.45. The maximum absolute atomic E-state index is 12.4. The van der Waals surface area contributed by atoms with E-state index in [2.05, 4.69) is 37.1 Å². The number of hydrogen-bond donors (Lipinski definition) is 4. The van der Waals surface area contributed by atoms with Gasteiger partial charge in [-0.1, -0.05) is 6.07 Å². The number of methoxy groups -OCH3 is 1. The van der Waals surface area contributed by atoms with Crippen molar-refractivity contribution >= 4 is 34.1 Å². The summed E-state index contributed by atoms with van der Waals surface area (Å²) in [5, 5.41) is 19.7. The molecule has 210 valence electrons. The summed E-state index contributed by atoms with van der Waals surface area (Å²) in [5.74, 6) is 0.921. The van der Waals surface area contributed by atoms with Crippen LogP contribution in [0.25, 0.3) is 0 Å². The van der Waals surface area contributed by atoms with Gasteiger partial charge in [0.2, 0.25) is 0 Å². The number of urea groups is 1. The molecule has 0 spiro atoms. The van der Waals surface area contributed by atoms with Gasteiger partial charge in [-0.3, -0.25) is 5.43 Å². The Balaban J connectivity index is 1.66. The molecule has 0 aliphatic carbocycles. The van der Waals surface area contributed by atoms with Gasteiger partial charge in [0.05, 0.1) is 42.1 Å². The van der Waals surface area contributed by atoms with Crippen LogP contribution in [0.5, 0.6) is 17.2 Å². The predicted octanol–water partition coefficient (Wildman–Crippen LogP) is 3.76. The van der Waals surface area contributed by atoms with E-state index in [4.69, 9.17) is 18.9 Å². The molecule has 11 nitrogen and oxygen atoms in total. The van der Waals surface area contributed by atoms with Crippen LogP contribution < -0.4 is 30.3 Å². The number of amides is 2. The fraction of sp³-hybridized carbons (Fsp3) is 0.370. The van der Waals surface area contributed by atoms with E-state index < -0.39 is 24.3 Å². The molecule has 3 rings (SSSR count). The van der Waals surface area contributed by atoms with Gasteiger partial charge in [0.15, 0.2) is 17.7 Å². The molecule has 0 aromatic heterocycles. The molecule has 2 atom stereocenters. The number of carbonyl (C=O) groups is 2. The van der Waals surface area contributed by atoms with Crippen LogP contribution >= 0.6 is 15.9 Å². The number of aliphatic hydroxyl groups excluding tert-OH is 1. The van der Waals surface area contributed by atoms with Crippen molar-refractivity contribution in [2.45, 2.75) is 46.1 Å². The van der Waals surface area contributed by atoms with Crippen molar-refractivity contribution in [1.82, 2.24) is 16.1 Å². The minimum Gasteiger partial charge on any atom is -0.490 e. The third-order valence-corrected chi connectivity index (χ3v) is 6.05. The molecule has 0 bridgehead atoms. The third-order valence-electron chi connectivity index (χ3n) is 5.43. The maximum Gasteiger partial charge on any atom is 0.337 e. The van der Waals surface area contributed by atoms with Crippen molar-refractivity contribution in [1.29, 1.82) is 0 Å². The first kappa shape index (κ1) is 29.8. The summed E-state index contributed by atoms with van der Waals surface area (Å²) in [6, 6.07) is 9.38. The number of benzene rings is 2. The topological polar surface area (TPSA) is 140 Å². The number of nitrogens with one attached hydrogen (secondary N) is 3. The van der Waals surface area contributed by atoms with Crippen LogP contribution in [0.15, 0.2) is 57.2 Å². The van der Waals surface area contributed by atoms with Gasteiger partial charge < -0.3 is 34.7 Å². The molecular formula is C27H33BrN4O7. The first-order valence-electron chi connectivity index (χ1n) is 12.3. The normalized spacial score (nSPS) is 16.0. The van der Waals surface area contributed by atoms with Crippen LogP contribution in [0.2, 0.25) is 0 Å². The summed E-state index contributed by atoms with van der Waals surface area (Å²) in [6.45, 7) is 7.57. The Morgan fingerprint density at radius 3 is 2.59 bits per heavy atom. The second-order valence-electron chi connectivity index (χ2n) is 8.77. The van der Waals surface area contributed by atoms with Crippen molar-refractivity contribution in [2.75, 3.05) is 20.3 Å². The summed E-state index contributed by atoms with van der Waals surface area (Å²) >= 11 is 3.48. The van der Waals surface area contributed by atoms with Crippen LogP contribution in [0, 0.1) is 0 Å². The maximum atomic E-state index is 12.4. The van der Waals surface area contributed by atoms with E-state index in [0.717, 1.165) is 15.8 Å². The zero-order valence-electron chi connectivity index (χ0n) is 22.4. The minimum atomic E-state index is -1.11. The van der Waals surface area contributed by atoms with Gasteiger partial charge in [0.1, 0.15) is 12.4 Å². The third kappa shape index (κ3) is 8.11. The molecule has 1 aliphatic rings. The summed E-state index contributed by atoms with van der Waals surface area (Å²) in [4.78, 5) is 24.5. The number of carbonyl (C=O) groups excluding carboxylic acids is 2. The van der Waals surface area contributed by atoms with Crippen molar-refractivity contribution in [2.24, 2.45) is 5.10 Å². The molecule has 2 amide bonds. The standard InChI is InChI=1S/C27H33BrN4O7/c1-6-37-22-12-18(25-24(26(34)36-5)16(4)30-27(35)31-25)8-10-21(22)38-14-23(33)32-29-13-17-7-9-20(19(28)11-17)39-15(2)3/h7-13,15,23,25,32-33H,6,14H2,1-5H3,(H2,30,31,35)/b29-13+/t23-,25+/m1/s1. The first-order valence-corrected chi connectivity index (χ1v) is 13.1. The lowest BCUT2D eigenvalue weighted by Gasteiger charge is -2.28. The number of hydrazone groups is 1. The fourth-order valence-electron chi connectivity index (χ4n) is 3.77. The highest BCUT2D eigenvalue weighted by atomic mass is 79.9. The lowest BCUT2D eigenvalue weighted by atomic mass is 9.95. The van der Waals surface area contributed by atoms with E-state index in [1.807, 2.05) is 39.0 Å². The van der Waals surface area contributed by atoms with Gasteiger partial charge in [-0.25, -0.2) is 9.59 Å². The monoisotopic (exact) mass is 604 g/mol. The van der Waals surface area contributed by atoms with Gasteiger partial charge in [0, 0.05) is 5.70 Å². The molecule has 12 heteroatoms. The molecule has 4 N–H and O–H groups in total. The van der Waals surface area contributed by atoms with Crippen LogP contribution in [-0.2, 0) is 9.53 Å². The summed E-state index contributed by atoms with van der Waals surface area (Å²) in [7, 11) is 1.28. The Morgan fingerprint density at radius 1 is 1.18 bits per heavy atom. The van der Waals surface area contributed by atoms with Crippen LogP contribution in [0.1, 0.15) is 44.9 Å². The number of hydrogen-bond acceptors (Lipinski definition) is 9. The second kappa shape index (κ2) is 13.9. The molecule has 0 fully saturated rings.